The zero-order chi connectivity index (χ0) is 7.72. The van der Waals surface area contributed by atoms with E-state index in [2.05, 4.69) is 26.8 Å². The van der Waals surface area contributed by atoms with Crippen LogP contribution in [0.5, 0.6) is 0 Å². The molecule has 1 rings (SSSR count). The molecule has 1 nitrogen and oxygen atoms in total. The topological polar surface area (TPSA) is 26.0 Å². The Bertz CT molecular complexity index is 149. The molecule has 0 radical (unpaired) electrons. The number of rotatable bonds is 0. The van der Waals surface area contributed by atoms with E-state index in [-0.39, 0.29) is 0 Å². The molecule has 0 aromatic carbocycles. The van der Waals surface area contributed by atoms with Crippen LogP contribution in [0, 0.1) is 11.8 Å². The van der Waals surface area contributed by atoms with Crippen LogP contribution in [-0.4, -0.2) is 6.04 Å². The normalized spacial score (nSPS) is 41.2. The highest BCUT2D eigenvalue weighted by Gasteiger charge is 2.22. The molecule has 0 aliphatic heterocycles. The molecule has 0 heterocycles. The molecule has 0 saturated carbocycles. The Labute approximate surface area is 63.3 Å². The van der Waals surface area contributed by atoms with Gasteiger partial charge in [0.1, 0.15) is 0 Å². The molecule has 0 fully saturated rings. The van der Waals surface area contributed by atoms with Crippen LogP contribution in [0.3, 0.4) is 0 Å². The van der Waals surface area contributed by atoms with Crippen molar-refractivity contribution in [1.29, 1.82) is 0 Å². The third-order valence-electron chi connectivity index (χ3n) is 2.46. The van der Waals surface area contributed by atoms with Crippen LogP contribution in [0.25, 0.3) is 0 Å². The van der Waals surface area contributed by atoms with Crippen molar-refractivity contribution in [2.75, 3.05) is 0 Å². The molecule has 0 bridgehead atoms. The average Bonchev–Trinajstić information content (AvgIpc) is 1.82. The first-order chi connectivity index (χ1) is 4.61. The van der Waals surface area contributed by atoms with Gasteiger partial charge in [0.15, 0.2) is 0 Å². The van der Waals surface area contributed by atoms with Gasteiger partial charge < -0.3 is 5.73 Å². The van der Waals surface area contributed by atoms with Crippen LogP contribution in [0.1, 0.15) is 27.2 Å². The summed E-state index contributed by atoms with van der Waals surface area (Å²) in [5.41, 5.74) is 7.44. The van der Waals surface area contributed by atoms with Crippen molar-refractivity contribution in [3.05, 3.63) is 11.6 Å². The quantitative estimate of drug-likeness (QED) is 0.510. The van der Waals surface area contributed by atoms with Gasteiger partial charge in [-0.1, -0.05) is 25.5 Å². The Kier molecular flexibility index (Phi) is 2.14. The number of nitrogens with two attached hydrogens (primary N) is 1. The highest BCUT2D eigenvalue weighted by molar-refractivity contribution is 5.09. The van der Waals surface area contributed by atoms with Crippen molar-refractivity contribution >= 4 is 0 Å². The van der Waals surface area contributed by atoms with E-state index in [1.54, 1.807) is 0 Å². The smallest absolute Gasteiger partial charge is 0.0128 e. The summed E-state index contributed by atoms with van der Waals surface area (Å²) in [5, 5.41) is 0. The van der Waals surface area contributed by atoms with E-state index in [0.717, 1.165) is 0 Å². The second-order valence-electron chi connectivity index (χ2n) is 3.63. The lowest BCUT2D eigenvalue weighted by molar-refractivity contribution is 0.363. The standard InChI is InChI=1S/C9H17N/c1-6-4-7(2)9(10)8(3)5-6/h4,7-9H,5,10H2,1-3H3. The van der Waals surface area contributed by atoms with E-state index in [1.807, 2.05) is 0 Å². The van der Waals surface area contributed by atoms with Gasteiger partial charge in [-0.15, -0.1) is 0 Å². The van der Waals surface area contributed by atoms with Crippen LogP contribution < -0.4 is 5.73 Å². The fraction of sp³-hybridized carbons (Fsp3) is 0.778. The molecule has 3 unspecified atom stereocenters. The van der Waals surface area contributed by atoms with E-state index in [4.69, 9.17) is 5.73 Å². The molecular weight excluding hydrogens is 122 g/mol. The lowest BCUT2D eigenvalue weighted by Crippen LogP contribution is -2.36. The summed E-state index contributed by atoms with van der Waals surface area (Å²) >= 11 is 0. The molecule has 0 amide bonds. The molecule has 3 atom stereocenters. The SMILES string of the molecule is CC1=CC(C)C(N)C(C)C1. The van der Waals surface area contributed by atoms with Gasteiger partial charge in [0.25, 0.3) is 0 Å². The van der Waals surface area contributed by atoms with Gasteiger partial charge in [-0.2, -0.15) is 0 Å². The van der Waals surface area contributed by atoms with Crippen LogP contribution in [-0.2, 0) is 0 Å². The highest BCUT2D eigenvalue weighted by atomic mass is 14.7. The van der Waals surface area contributed by atoms with Gasteiger partial charge in [-0.3, -0.25) is 0 Å². The maximum Gasteiger partial charge on any atom is 0.0128 e. The average molecular weight is 139 g/mol. The van der Waals surface area contributed by atoms with Gasteiger partial charge >= 0.3 is 0 Å². The van der Waals surface area contributed by atoms with Gasteiger partial charge in [-0.05, 0) is 25.2 Å². The van der Waals surface area contributed by atoms with Crippen molar-refractivity contribution in [3.63, 3.8) is 0 Å². The summed E-state index contributed by atoms with van der Waals surface area (Å²) in [6, 6.07) is 0.378. The van der Waals surface area contributed by atoms with Crippen LogP contribution in [0.15, 0.2) is 11.6 Å². The molecule has 10 heavy (non-hydrogen) atoms. The van der Waals surface area contributed by atoms with Gasteiger partial charge in [0.2, 0.25) is 0 Å². The van der Waals surface area contributed by atoms with Crippen molar-refractivity contribution in [1.82, 2.24) is 0 Å². The zero-order valence-corrected chi connectivity index (χ0v) is 7.09. The number of hydrogen-bond acceptors (Lipinski definition) is 1. The van der Waals surface area contributed by atoms with Crippen molar-refractivity contribution < 1.29 is 0 Å². The van der Waals surface area contributed by atoms with E-state index < -0.39 is 0 Å². The van der Waals surface area contributed by atoms with Crippen LogP contribution in [0.2, 0.25) is 0 Å². The minimum absolute atomic E-state index is 0.378. The van der Waals surface area contributed by atoms with Gasteiger partial charge in [0, 0.05) is 6.04 Å². The number of hydrogen-bond donors (Lipinski definition) is 1. The Morgan fingerprint density at radius 3 is 2.60 bits per heavy atom. The summed E-state index contributed by atoms with van der Waals surface area (Å²) in [6.45, 7) is 6.63. The molecule has 1 aliphatic carbocycles. The summed E-state index contributed by atoms with van der Waals surface area (Å²) < 4.78 is 0. The Balaban J connectivity index is 2.69. The third kappa shape index (κ3) is 1.40. The Hall–Kier alpha value is -0.300. The summed E-state index contributed by atoms with van der Waals surface area (Å²) in [5.74, 6) is 1.24. The lowest BCUT2D eigenvalue weighted by Gasteiger charge is -2.29. The van der Waals surface area contributed by atoms with Crippen LogP contribution >= 0.6 is 0 Å². The monoisotopic (exact) mass is 139 g/mol. The van der Waals surface area contributed by atoms with Crippen molar-refractivity contribution in [3.8, 4) is 0 Å². The summed E-state index contributed by atoms with van der Waals surface area (Å²) in [7, 11) is 0. The Morgan fingerprint density at radius 1 is 1.50 bits per heavy atom. The fourth-order valence-corrected chi connectivity index (χ4v) is 1.79. The molecule has 0 aromatic heterocycles. The van der Waals surface area contributed by atoms with E-state index in [9.17, 15) is 0 Å². The van der Waals surface area contributed by atoms with Crippen molar-refractivity contribution in [2.24, 2.45) is 17.6 Å². The first-order valence-electron chi connectivity index (χ1n) is 4.04. The molecule has 58 valence electrons. The predicted octanol–water partition coefficient (Wildman–Crippen LogP) is 1.94. The lowest BCUT2D eigenvalue weighted by atomic mass is 9.81. The molecule has 2 N–H and O–H groups in total. The first kappa shape index (κ1) is 7.80. The molecule has 0 saturated heterocycles. The maximum atomic E-state index is 5.94. The van der Waals surface area contributed by atoms with E-state index in [1.165, 1.54) is 12.0 Å². The summed E-state index contributed by atoms with van der Waals surface area (Å²) in [6.07, 6.45) is 3.48. The van der Waals surface area contributed by atoms with Gasteiger partial charge in [0.05, 0.1) is 0 Å². The fourth-order valence-electron chi connectivity index (χ4n) is 1.79. The third-order valence-corrected chi connectivity index (χ3v) is 2.46. The largest absolute Gasteiger partial charge is 0.327 e. The Morgan fingerprint density at radius 2 is 2.10 bits per heavy atom. The first-order valence-corrected chi connectivity index (χ1v) is 4.04. The van der Waals surface area contributed by atoms with E-state index >= 15 is 0 Å². The predicted molar refractivity (Wildman–Crippen MR) is 44.7 cm³/mol. The van der Waals surface area contributed by atoms with Gasteiger partial charge in [-0.25, -0.2) is 0 Å². The second kappa shape index (κ2) is 2.75. The zero-order valence-electron chi connectivity index (χ0n) is 7.09. The minimum atomic E-state index is 0.378. The summed E-state index contributed by atoms with van der Waals surface area (Å²) in [4.78, 5) is 0. The minimum Gasteiger partial charge on any atom is -0.327 e. The van der Waals surface area contributed by atoms with Crippen LogP contribution in [0.4, 0.5) is 0 Å². The molecular formula is C9H17N. The second-order valence-corrected chi connectivity index (χ2v) is 3.63. The molecule has 1 aliphatic rings. The molecule has 0 spiro atoms. The molecule has 1 heteroatoms. The molecule has 0 aromatic rings. The van der Waals surface area contributed by atoms with Crippen molar-refractivity contribution in [2.45, 2.75) is 33.2 Å². The number of allylic oxidation sites excluding steroid dienone is 1. The maximum absolute atomic E-state index is 5.94. The van der Waals surface area contributed by atoms with E-state index in [0.29, 0.717) is 17.9 Å². The highest BCUT2D eigenvalue weighted by Crippen LogP contribution is 2.25.